The molecule has 0 bridgehead atoms. The smallest absolute Gasteiger partial charge is 0.307 e. The molecule has 1 aliphatic rings. The second kappa shape index (κ2) is 4.25. The number of amides is 1. The quantitative estimate of drug-likeness (QED) is 0.893. The number of hydrogen-bond acceptors (Lipinski definition) is 2. The molecule has 0 unspecified atom stereocenters. The van der Waals surface area contributed by atoms with E-state index in [9.17, 15) is 9.59 Å². The first-order chi connectivity index (χ1) is 7.58. The summed E-state index contributed by atoms with van der Waals surface area (Å²) >= 11 is 3.29. The van der Waals surface area contributed by atoms with Crippen LogP contribution in [0, 0.1) is 11.8 Å². The van der Waals surface area contributed by atoms with E-state index < -0.39 is 11.9 Å². The minimum atomic E-state index is -0.893. The predicted molar refractivity (Wildman–Crippen MR) is 62.0 cm³/mol. The van der Waals surface area contributed by atoms with E-state index in [1.54, 1.807) is 12.1 Å². The molecule has 2 N–H and O–H groups in total. The van der Waals surface area contributed by atoms with Gasteiger partial charge in [-0.05, 0) is 30.7 Å². The predicted octanol–water partition coefficient (Wildman–Crippen LogP) is 2.11. The molecular weight excluding hydrogens is 274 g/mol. The number of carbonyl (C=O) groups excluding carboxylic acids is 1. The SMILES string of the molecule is O=C(O)[C@@H]1C[C@H]1C(=O)Nc1ccc(Br)cc1. The lowest BCUT2D eigenvalue weighted by atomic mass is 10.2. The standard InChI is InChI=1S/C11H10BrNO3/c12-6-1-3-7(4-2-6)13-10(14)8-5-9(8)11(15)16/h1-4,8-9H,5H2,(H,13,14)(H,15,16)/t8-,9-/m1/s1. The van der Waals surface area contributed by atoms with Crippen molar-refractivity contribution >= 4 is 33.5 Å². The Bertz CT molecular complexity index is 429. The van der Waals surface area contributed by atoms with E-state index >= 15 is 0 Å². The van der Waals surface area contributed by atoms with Crippen LogP contribution >= 0.6 is 15.9 Å². The molecule has 84 valence electrons. The maximum Gasteiger partial charge on any atom is 0.307 e. The number of carboxylic acids is 1. The van der Waals surface area contributed by atoms with E-state index in [2.05, 4.69) is 21.2 Å². The van der Waals surface area contributed by atoms with Crippen LogP contribution in [0.2, 0.25) is 0 Å². The third kappa shape index (κ3) is 2.41. The summed E-state index contributed by atoms with van der Waals surface area (Å²) in [5, 5.41) is 11.4. The zero-order valence-corrected chi connectivity index (χ0v) is 9.90. The van der Waals surface area contributed by atoms with Gasteiger partial charge in [0.25, 0.3) is 0 Å². The maximum absolute atomic E-state index is 11.6. The first kappa shape index (κ1) is 11.1. The Morgan fingerprint density at radius 3 is 2.38 bits per heavy atom. The topological polar surface area (TPSA) is 66.4 Å². The van der Waals surface area contributed by atoms with Crippen LogP contribution in [0.3, 0.4) is 0 Å². The molecule has 0 radical (unpaired) electrons. The molecule has 16 heavy (non-hydrogen) atoms. The fourth-order valence-electron chi connectivity index (χ4n) is 1.53. The lowest BCUT2D eigenvalue weighted by Crippen LogP contribution is -2.16. The summed E-state index contributed by atoms with van der Waals surface area (Å²) in [5.41, 5.74) is 0.684. The van der Waals surface area contributed by atoms with Crippen LogP contribution in [-0.4, -0.2) is 17.0 Å². The van der Waals surface area contributed by atoms with Crippen LogP contribution in [-0.2, 0) is 9.59 Å². The van der Waals surface area contributed by atoms with Gasteiger partial charge in [-0.15, -0.1) is 0 Å². The van der Waals surface area contributed by atoms with Gasteiger partial charge in [0.05, 0.1) is 11.8 Å². The maximum atomic E-state index is 11.6. The lowest BCUT2D eigenvalue weighted by Gasteiger charge is -2.03. The summed E-state index contributed by atoms with van der Waals surface area (Å²) in [6, 6.07) is 7.16. The highest BCUT2D eigenvalue weighted by Crippen LogP contribution is 2.39. The molecule has 2 atom stereocenters. The van der Waals surface area contributed by atoms with Crippen LogP contribution in [0.4, 0.5) is 5.69 Å². The second-order valence-electron chi connectivity index (χ2n) is 3.78. The molecule has 1 aliphatic carbocycles. The van der Waals surface area contributed by atoms with Crippen molar-refractivity contribution in [1.29, 1.82) is 0 Å². The van der Waals surface area contributed by atoms with Gasteiger partial charge in [-0.1, -0.05) is 15.9 Å². The van der Waals surface area contributed by atoms with Gasteiger partial charge in [-0.25, -0.2) is 0 Å². The average molecular weight is 284 g/mol. The molecule has 1 fully saturated rings. The molecule has 0 saturated heterocycles. The van der Waals surface area contributed by atoms with Crippen LogP contribution in [0.5, 0.6) is 0 Å². The molecule has 0 heterocycles. The number of rotatable bonds is 3. The van der Waals surface area contributed by atoms with Crippen molar-refractivity contribution in [3.8, 4) is 0 Å². The molecule has 0 aromatic heterocycles. The van der Waals surface area contributed by atoms with Gasteiger partial charge in [0.15, 0.2) is 0 Å². The van der Waals surface area contributed by atoms with Crippen LogP contribution in [0.25, 0.3) is 0 Å². The Morgan fingerprint density at radius 1 is 1.25 bits per heavy atom. The number of nitrogens with one attached hydrogen (secondary N) is 1. The van der Waals surface area contributed by atoms with Gasteiger partial charge in [0.2, 0.25) is 5.91 Å². The van der Waals surface area contributed by atoms with Crippen molar-refractivity contribution in [3.05, 3.63) is 28.7 Å². The monoisotopic (exact) mass is 283 g/mol. The van der Waals surface area contributed by atoms with Gasteiger partial charge < -0.3 is 10.4 Å². The molecule has 1 aromatic carbocycles. The molecular formula is C11H10BrNO3. The molecule has 0 aliphatic heterocycles. The molecule has 5 heteroatoms. The molecule has 1 aromatic rings. The van der Waals surface area contributed by atoms with Gasteiger partial charge >= 0.3 is 5.97 Å². The zero-order chi connectivity index (χ0) is 11.7. The molecule has 4 nitrogen and oxygen atoms in total. The molecule has 1 amide bonds. The minimum Gasteiger partial charge on any atom is -0.481 e. The van der Waals surface area contributed by atoms with Crippen molar-refractivity contribution in [2.24, 2.45) is 11.8 Å². The second-order valence-corrected chi connectivity index (χ2v) is 4.70. The van der Waals surface area contributed by atoms with Crippen LogP contribution < -0.4 is 5.32 Å². The number of anilines is 1. The van der Waals surface area contributed by atoms with Gasteiger partial charge in [-0.2, -0.15) is 0 Å². The largest absolute Gasteiger partial charge is 0.481 e. The van der Waals surface area contributed by atoms with Crippen molar-refractivity contribution < 1.29 is 14.7 Å². The van der Waals surface area contributed by atoms with Crippen molar-refractivity contribution in [1.82, 2.24) is 0 Å². The Hall–Kier alpha value is -1.36. The summed E-state index contributed by atoms with van der Waals surface area (Å²) in [6.45, 7) is 0. The Kier molecular flexibility index (Phi) is 2.96. The van der Waals surface area contributed by atoms with Crippen LogP contribution in [0.1, 0.15) is 6.42 Å². The minimum absolute atomic E-state index is 0.213. The van der Waals surface area contributed by atoms with E-state index in [-0.39, 0.29) is 11.8 Å². The highest BCUT2D eigenvalue weighted by Gasteiger charge is 2.48. The van der Waals surface area contributed by atoms with Crippen molar-refractivity contribution in [2.45, 2.75) is 6.42 Å². The zero-order valence-electron chi connectivity index (χ0n) is 8.31. The number of aliphatic carboxylic acids is 1. The average Bonchev–Trinajstić information content (AvgIpc) is 3.01. The van der Waals surface area contributed by atoms with Crippen molar-refractivity contribution in [2.75, 3.05) is 5.32 Å². The summed E-state index contributed by atoms with van der Waals surface area (Å²) in [4.78, 5) is 22.2. The van der Waals surface area contributed by atoms with Crippen LogP contribution in [0.15, 0.2) is 28.7 Å². The first-order valence-corrected chi connectivity index (χ1v) is 5.66. The van der Waals surface area contributed by atoms with Gasteiger partial charge in [0, 0.05) is 10.2 Å². The summed E-state index contributed by atoms with van der Waals surface area (Å²) in [6.07, 6.45) is 0.442. The molecule has 2 rings (SSSR count). The number of benzene rings is 1. The summed E-state index contributed by atoms with van der Waals surface area (Å²) in [5.74, 6) is -1.98. The third-order valence-corrected chi connectivity index (χ3v) is 3.08. The van der Waals surface area contributed by atoms with E-state index in [0.29, 0.717) is 12.1 Å². The fraction of sp³-hybridized carbons (Fsp3) is 0.273. The number of carbonyl (C=O) groups is 2. The highest BCUT2D eigenvalue weighted by molar-refractivity contribution is 9.10. The molecule has 1 saturated carbocycles. The summed E-state index contributed by atoms with van der Waals surface area (Å²) < 4.78 is 0.931. The lowest BCUT2D eigenvalue weighted by molar-refractivity contribution is -0.139. The molecule has 0 spiro atoms. The van der Waals surface area contributed by atoms with Crippen molar-refractivity contribution in [3.63, 3.8) is 0 Å². The van der Waals surface area contributed by atoms with E-state index in [1.807, 2.05) is 12.1 Å². The Balaban J connectivity index is 1.94. The summed E-state index contributed by atoms with van der Waals surface area (Å²) in [7, 11) is 0. The number of hydrogen-bond donors (Lipinski definition) is 2. The van der Waals surface area contributed by atoms with E-state index in [1.165, 1.54) is 0 Å². The number of carboxylic acid groups (broad SMARTS) is 1. The van der Waals surface area contributed by atoms with E-state index in [4.69, 9.17) is 5.11 Å². The fourth-order valence-corrected chi connectivity index (χ4v) is 1.79. The van der Waals surface area contributed by atoms with Gasteiger partial charge in [0.1, 0.15) is 0 Å². The normalized spacial score (nSPS) is 22.6. The Morgan fingerprint density at radius 2 is 1.88 bits per heavy atom. The Labute approximate surface area is 101 Å². The van der Waals surface area contributed by atoms with E-state index in [0.717, 1.165) is 4.47 Å². The third-order valence-electron chi connectivity index (χ3n) is 2.56. The highest BCUT2D eigenvalue weighted by atomic mass is 79.9. The van der Waals surface area contributed by atoms with Gasteiger partial charge in [-0.3, -0.25) is 9.59 Å². The number of halogens is 1. The first-order valence-electron chi connectivity index (χ1n) is 4.87.